The number of hydrogen-bond donors (Lipinski definition) is 1. The quantitative estimate of drug-likeness (QED) is 0.310. The highest BCUT2D eigenvalue weighted by molar-refractivity contribution is 6.09. The number of amides is 1. The normalized spacial score (nSPS) is 11.4. The largest absolute Gasteiger partial charge is 0.493 e. The summed E-state index contributed by atoms with van der Waals surface area (Å²) in [6.07, 6.45) is 1.78. The lowest BCUT2D eigenvalue weighted by Gasteiger charge is -2.15. The molecule has 4 rings (SSSR count). The highest BCUT2D eigenvalue weighted by Crippen LogP contribution is 2.34. The minimum Gasteiger partial charge on any atom is -0.493 e. The first-order chi connectivity index (χ1) is 16.8. The summed E-state index contributed by atoms with van der Waals surface area (Å²) in [5.41, 5.74) is 4.30. The van der Waals surface area contributed by atoms with Crippen LogP contribution in [0.4, 0.5) is 4.39 Å². The van der Waals surface area contributed by atoms with Gasteiger partial charge in [-0.2, -0.15) is 0 Å². The first-order valence-electron chi connectivity index (χ1n) is 12.0. The first-order valence-corrected chi connectivity index (χ1v) is 12.0. The van der Waals surface area contributed by atoms with Gasteiger partial charge in [-0.05, 0) is 53.8 Å². The average molecular weight is 474 g/mol. The number of pyridine rings is 1. The second kappa shape index (κ2) is 10.7. The third-order valence-electron chi connectivity index (χ3n) is 5.85. The van der Waals surface area contributed by atoms with Gasteiger partial charge in [-0.1, -0.05) is 45.9 Å². The van der Waals surface area contributed by atoms with Crippen molar-refractivity contribution in [3.05, 3.63) is 95.2 Å². The second-order valence-electron chi connectivity index (χ2n) is 9.52. The molecule has 5 nitrogen and oxygen atoms in total. The maximum Gasteiger partial charge on any atom is 0.254 e. The van der Waals surface area contributed by atoms with Crippen molar-refractivity contribution in [2.75, 3.05) is 6.61 Å². The van der Waals surface area contributed by atoms with Crippen LogP contribution < -0.4 is 10.1 Å². The van der Waals surface area contributed by atoms with Crippen LogP contribution in [-0.4, -0.2) is 22.1 Å². The molecule has 0 atom stereocenters. The molecule has 0 fully saturated rings. The molecule has 2 aromatic heterocycles. The number of rotatable bonds is 9. The van der Waals surface area contributed by atoms with Gasteiger partial charge < -0.3 is 14.6 Å². The molecular weight excluding hydrogens is 441 g/mol. The molecule has 0 aliphatic heterocycles. The summed E-state index contributed by atoms with van der Waals surface area (Å²) in [6.45, 7) is 9.90. The third kappa shape index (κ3) is 5.70. The monoisotopic (exact) mass is 473 g/mol. The Morgan fingerprint density at radius 2 is 1.83 bits per heavy atom. The lowest BCUT2D eigenvalue weighted by atomic mass is 10.0. The number of benzene rings is 2. The zero-order chi connectivity index (χ0) is 24.9. The predicted molar refractivity (Wildman–Crippen MR) is 137 cm³/mol. The molecule has 0 bridgehead atoms. The highest BCUT2D eigenvalue weighted by Gasteiger charge is 2.25. The molecule has 0 spiro atoms. The van der Waals surface area contributed by atoms with E-state index in [1.54, 1.807) is 18.3 Å². The van der Waals surface area contributed by atoms with Gasteiger partial charge >= 0.3 is 0 Å². The number of aromatic nitrogens is 2. The fourth-order valence-corrected chi connectivity index (χ4v) is 4.24. The van der Waals surface area contributed by atoms with Gasteiger partial charge in [-0.3, -0.25) is 9.78 Å². The average Bonchev–Trinajstić information content (AvgIpc) is 3.16. The van der Waals surface area contributed by atoms with Crippen LogP contribution in [0.1, 0.15) is 60.9 Å². The van der Waals surface area contributed by atoms with Crippen molar-refractivity contribution >= 4 is 16.8 Å². The van der Waals surface area contributed by atoms with E-state index in [9.17, 15) is 9.18 Å². The molecule has 0 aliphatic carbocycles. The maximum atomic E-state index is 13.5. The summed E-state index contributed by atoms with van der Waals surface area (Å²) in [5, 5.41) is 3.91. The van der Waals surface area contributed by atoms with Crippen LogP contribution in [0.25, 0.3) is 10.9 Å². The minimum absolute atomic E-state index is 0.0951. The molecular formula is C29H32FN3O2. The fraction of sp³-hybridized carbons (Fsp3) is 0.310. The van der Waals surface area contributed by atoms with E-state index in [2.05, 4.69) is 42.6 Å². The Labute approximate surface area is 206 Å². The van der Waals surface area contributed by atoms with Crippen LogP contribution in [0.15, 0.2) is 66.9 Å². The lowest BCUT2D eigenvalue weighted by molar-refractivity contribution is 0.0951. The van der Waals surface area contributed by atoms with Crippen LogP contribution >= 0.6 is 0 Å². The number of nitrogens with zero attached hydrogens (tertiary/aromatic N) is 2. The molecule has 0 radical (unpaired) electrons. The van der Waals surface area contributed by atoms with Crippen LogP contribution in [0.5, 0.6) is 5.75 Å². The van der Waals surface area contributed by atoms with Crippen molar-refractivity contribution in [2.24, 2.45) is 5.92 Å². The van der Waals surface area contributed by atoms with E-state index in [1.165, 1.54) is 12.1 Å². The zero-order valence-corrected chi connectivity index (χ0v) is 20.7. The number of carbonyl (C=O) groups excluding carboxylic acids is 1. The summed E-state index contributed by atoms with van der Waals surface area (Å²) in [4.78, 5) is 18.1. The molecule has 0 saturated carbocycles. The van der Waals surface area contributed by atoms with Crippen LogP contribution in [-0.2, 0) is 13.1 Å². The van der Waals surface area contributed by atoms with Gasteiger partial charge in [0.05, 0.1) is 29.9 Å². The van der Waals surface area contributed by atoms with E-state index >= 15 is 0 Å². The number of ether oxygens (including phenoxy) is 1. The molecule has 35 heavy (non-hydrogen) atoms. The smallest absolute Gasteiger partial charge is 0.254 e. The molecule has 0 saturated heterocycles. The molecule has 4 aromatic rings. The zero-order valence-electron chi connectivity index (χ0n) is 20.7. The fourth-order valence-electron chi connectivity index (χ4n) is 4.24. The standard InChI is InChI=1S/C29H32FN3O2/c1-19(2)18-35-24-12-13-25-26(15-24)33(17-23-7-5-6-14-31-23)28(20(3)4)27(25)29(34)32-16-21-8-10-22(30)11-9-21/h5-15,19-20H,16-18H2,1-4H3,(H,32,34). The number of hydrogen-bond acceptors (Lipinski definition) is 3. The minimum atomic E-state index is -0.296. The van der Waals surface area contributed by atoms with Crippen molar-refractivity contribution in [2.45, 2.75) is 46.7 Å². The van der Waals surface area contributed by atoms with Gasteiger partial charge in [0.1, 0.15) is 11.6 Å². The lowest BCUT2D eigenvalue weighted by Crippen LogP contribution is -2.24. The molecule has 6 heteroatoms. The highest BCUT2D eigenvalue weighted by atomic mass is 19.1. The van der Waals surface area contributed by atoms with E-state index in [0.717, 1.165) is 33.6 Å². The molecule has 2 heterocycles. The van der Waals surface area contributed by atoms with E-state index in [-0.39, 0.29) is 17.6 Å². The Hall–Kier alpha value is -3.67. The third-order valence-corrected chi connectivity index (χ3v) is 5.85. The van der Waals surface area contributed by atoms with Gasteiger partial charge in [0.25, 0.3) is 5.91 Å². The number of nitrogens with one attached hydrogen (secondary N) is 1. The Bertz CT molecular complexity index is 1300. The second-order valence-corrected chi connectivity index (χ2v) is 9.52. The summed E-state index contributed by atoms with van der Waals surface area (Å²) in [6, 6.07) is 17.9. The number of carbonyl (C=O) groups is 1. The van der Waals surface area contributed by atoms with Crippen LogP contribution in [0.2, 0.25) is 0 Å². The molecule has 0 aliphatic rings. The SMILES string of the molecule is CC(C)COc1ccc2c(C(=O)NCc3ccc(F)cc3)c(C(C)C)n(Cc3ccccn3)c2c1. The molecule has 182 valence electrons. The van der Waals surface area contributed by atoms with Gasteiger partial charge in [0.2, 0.25) is 0 Å². The van der Waals surface area contributed by atoms with E-state index in [0.29, 0.717) is 31.2 Å². The van der Waals surface area contributed by atoms with Gasteiger partial charge in [-0.25, -0.2) is 4.39 Å². The molecule has 0 unspecified atom stereocenters. The molecule has 1 amide bonds. The molecule has 2 aromatic carbocycles. The summed E-state index contributed by atoms with van der Waals surface area (Å²) >= 11 is 0. The maximum absolute atomic E-state index is 13.5. The van der Waals surface area contributed by atoms with E-state index in [4.69, 9.17) is 4.74 Å². The topological polar surface area (TPSA) is 56.1 Å². The Balaban J connectivity index is 1.77. The van der Waals surface area contributed by atoms with Crippen molar-refractivity contribution in [1.29, 1.82) is 0 Å². The number of halogens is 1. The Morgan fingerprint density at radius 3 is 2.49 bits per heavy atom. The summed E-state index contributed by atoms with van der Waals surface area (Å²) in [7, 11) is 0. The van der Waals surface area contributed by atoms with Gasteiger partial charge in [0, 0.05) is 29.9 Å². The summed E-state index contributed by atoms with van der Waals surface area (Å²) in [5.74, 6) is 0.830. The molecule has 1 N–H and O–H groups in total. The van der Waals surface area contributed by atoms with Gasteiger partial charge in [-0.15, -0.1) is 0 Å². The van der Waals surface area contributed by atoms with Gasteiger partial charge in [0.15, 0.2) is 0 Å². The van der Waals surface area contributed by atoms with Crippen LogP contribution in [0.3, 0.4) is 0 Å². The van der Waals surface area contributed by atoms with Crippen LogP contribution in [0, 0.1) is 11.7 Å². The Kier molecular flexibility index (Phi) is 7.49. The Morgan fingerprint density at radius 1 is 1.06 bits per heavy atom. The number of fused-ring (bicyclic) bond motifs is 1. The van der Waals surface area contributed by atoms with Crippen molar-refractivity contribution in [3.8, 4) is 5.75 Å². The van der Waals surface area contributed by atoms with Crippen molar-refractivity contribution in [3.63, 3.8) is 0 Å². The van der Waals surface area contributed by atoms with E-state index < -0.39 is 0 Å². The van der Waals surface area contributed by atoms with Crippen molar-refractivity contribution in [1.82, 2.24) is 14.9 Å². The first kappa shape index (κ1) is 24.5. The summed E-state index contributed by atoms with van der Waals surface area (Å²) < 4.78 is 21.5. The van der Waals surface area contributed by atoms with E-state index in [1.807, 2.05) is 36.4 Å². The predicted octanol–water partition coefficient (Wildman–Crippen LogP) is 6.31. The van der Waals surface area contributed by atoms with Crippen molar-refractivity contribution < 1.29 is 13.9 Å².